The van der Waals surface area contributed by atoms with E-state index in [-0.39, 0.29) is 5.78 Å². The lowest BCUT2D eigenvalue weighted by molar-refractivity contribution is -0.143. The van der Waals surface area contributed by atoms with Gasteiger partial charge in [-0.3, -0.25) is 4.79 Å². The van der Waals surface area contributed by atoms with Gasteiger partial charge in [0.25, 0.3) is 0 Å². The summed E-state index contributed by atoms with van der Waals surface area (Å²) in [6.07, 6.45) is 7.11. The average molecular weight is 212 g/mol. The van der Waals surface area contributed by atoms with Gasteiger partial charge in [0.05, 0.1) is 11.0 Å². The lowest BCUT2D eigenvalue weighted by atomic mass is 9.68. The Bertz CT molecular complexity index is 227. The van der Waals surface area contributed by atoms with E-state index in [1.54, 1.807) is 13.8 Å². The molecule has 0 bridgehead atoms. The van der Waals surface area contributed by atoms with Crippen LogP contribution >= 0.6 is 0 Å². The summed E-state index contributed by atoms with van der Waals surface area (Å²) in [5.74, 6) is 0.247. The monoisotopic (exact) mass is 212 g/mol. The van der Waals surface area contributed by atoms with Crippen molar-refractivity contribution in [3.8, 4) is 0 Å². The molecule has 1 N–H and O–H groups in total. The molecule has 0 aromatic heterocycles. The summed E-state index contributed by atoms with van der Waals surface area (Å²) in [5, 5.41) is 10.2. The minimum atomic E-state index is -0.894. The average Bonchev–Trinajstić information content (AvgIpc) is 2.19. The van der Waals surface area contributed by atoms with E-state index in [4.69, 9.17) is 0 Å². The minimum absolute atomic E-state index is 0.247. The highest BCUT2D eigenvalue weighted by atomic mass is 16.3. The molecule has 1 saturated carbocycles. The Morgan fingerprint density at radius 1 is 1.13 bits per heavy atom. The van der Waals surface area contributed by atoms with Crippen molar-refractivity contribution in [2.75, 3.05) is 0 Å². The third-order valence-electron chi connectivity index (χ3n) is 4.05. The molecule has 1 atom stereocenters. The Balaban J connectivity index is 2.84. The van der Waals surface area contributed by atoms with Crippen LogP contribution < -0.4 is 0 Å². The first-order chi connectivity index (χ1) is 6.88. The normalized spacial score (nSPS) is 30.5. The van der Waals surface area contributed by atoms with Gasteiger partial charge in [0.1, 0.15) is 5.78 Å². The number of aliphatic hydroxyl groups is 1. The van der Waals surface area contributed by atoms with Crippen molar-refractivity contribution in [2.45, 2.75) is 71.3 Å². The molecule has 0 spiro atoms. The highest BCUT2D eigenvalue weighted by molar-refractivity contribution is 5.85. The molecule has 1 fully saturated rings. The standard InChI is InChI=1S/C13H24O2/c1-12(2,15)13(3)10-8-6-4-5-7-9-11(13)14/h15H,4-10H2,1-3H3/t13-/m1/s1. The number of Topliss-reactive ketones (excluding diaryl/α,β-unsaturated/α-hetero) is 1. The van der Waals surface area contributed by atoms with Gasteiger partial charge in [-0.1, -0.05) is 25.7 Å². The third kappa shape index (κ3) is 2.81. The van der Waals surface area contributed by atoms with E-state index >= 15 is 0 Å². The maximum atomic E-state index is 12.1. The van der Waals surface area contributed by atoms with Crippen LogP contribution in [0.4, 0.5) is 0 Å². The predicted octanol–water partition coefficient (Wildman–Crippen LogP) is 3.08. The van der Waals surface area contributed by atoms with Crippen LogP contribution in [0.3, 0.4) is 0 Å². The fraction of sp³-hybridized carbons (Fsp3) is 0.923. The van der Waals surface area contributed by atoms with Gasteiger partial charge in [0.2, 0.25) is 0 Å². The maximum Gasteiger partial charge on any atom is 0.141 e. The summed E-state index contributed by atoms with van der Waals surface area (Å²) in [6.45, 7) is 5.46. The van der Waals surface area contributed by atoms with E-state index in [0.717, 1.165) is 25.7 Å². The molecule has 1 aliphatic carbocycles. The number of hydrogen-bond acceptors (Lipinski definition) is 2. The van der Waals surface area contributed by atoms with Crippen LogP contribution in [0.25, 0.3) is 0 Å². The highest BCUT2D eigenvalue weighted by Gasteiger charge is 2.44. The SMILES string of the molecule is CC(C)(O)[C@]1(C)CCCCCCCC1=O. The second-order valence-electron chi connectivity index (χ2n) is 5.58. The van der Waals surface area contributed by atoms with Gasteiger partial charge >= 0.3 is 0 Å². The molecule has 2 nitrogen and oxygen atoms in total. The van der Waals surface area contributed by atoms with Gasteiger partial charge in [-0.2, -0.15) is 0 Å². The van der Waals surface area contributed by atoms with E-state index < -0.39 is 11.0 Å². The first-order valence-electron chi connectivity index (χ1n) is 6.13. The van der Waals surface area contributed by atoms with E-state index in [0.29, 0.717) is 6.42 Å². The van der Waals surface area contributed by atoms with Crippen molar-refractivity contribution in [1.82, 2.24) is 0 Å². The van der Waals surface area contributed by atoms with Crippen molar-refractivity contribution in [2.24, 2.45) is 5.41 Å². The Hall–Kier alpha value is -0.370. The maximum absolute atomic E-state index is 12.1. The molecule has 88 valence electrons. The van der Waals surface area contributed by atoms with Gasteiger partial charge in [0, 0.05) is 6.42 Å². The molecular weight excluding hydrogens is 188 g/mol. The number of carbonyl (C=O) groups excluding carboxylic acids is 1. The van der Waals surface area contributed by atoms with Crippen LogP contribution in [-0.4, -0.2) is 16.5 Å². The van der Waals surface area contributed by atoms with Gasteiger partial charge in [-0.05, 0) is 33.6 Å². The summed E-state index contributed by atoms with van der Waals surface area (Å²) >= 11 is 0. The number of carbonyl (C=O) groups is 1. The van der Waals surface area contributed by atoms with Crippen molar-refractivity contribution < 1.29 is 9.90 Å². The van der Waals surface area contributed by atoms with Crippen LogP contribution in [0, 0.1) is 5.41 Å². The fourth-order valence-corrected chi connectivity index (χ4v) is 2.36. The van der Waals surface area contributed by atoms with Gasteiger partial charge in [-0.15, -0.1) is 0 Å². The summed E-state index contributed by atoms with van der Waals surface area (Å²) in [4.78, 5) is 12.1. The lowest BCUT2D eigenvalue weighted by Crippen LogP contribution is -2.47. The van der Waals surface area contributed by atoms with Crippen LogP contribution in [0.5, 0.6) is 0 Å². The largest absolute Gasteiger partial charge is 0.389 e. The molecule has 0 aromatic rings. The zero-order valence-electron chi connectivity index (χ0n) is 10.3. The molecule has 0 saturated heterocycles. The zero-order valence-corrected chi connectivity index (χ0v) is 10.3. The molecule has 0 radical (unpaired) electrons. The van der Waals surface area contributed by atoms with Crippen LogP contribution in [0.1, 0.15) is 65.7 Å². The number of hydrogen-bond donors (Lipinski definition) is 1. The second kappa shape index (κ2) is 4.65. The van der Waals surface area contributed by atoms with Crippen molar-refractivity contribution in [3.05, 3.63) is 0 Å². The van der Waals surface area contributed by atoms with Crippen molar-refractivity contribution >= 4 is 5.78 Å². The van der Waals surface area contributed by atoms with Crippen LogP contribution in [0.15, 0.2) is 0 Å². The predicted molar refractivity (Wildman–Crippen MR) is 61.7 cm³/mol. The first-order valence-corrected chi connectivity index (χ1v) is 6.13. The quantitative estimate of drug-likeness (QED) is 0.725. The molecular formula is C13H24O2. The Kier molecular flexibility index (Phi) is 3.93. The van der Waals surface area contributed by atoms with E-state index in [2.05, 4.69) is 0 Å². The molecule has 0 unspecified atom stereocenters. The Morgan fingerprint density at radius 2 is 1.67 bits per heavy atom. The molecule has 1 rings (SSSR count). The van der Waals surface area contributed by atoms with E-state index in [1.165, 1.54) is 12.8 Å². The minimum Gasteiger partial charge on any atom is -0.389 e. The smallest absolute Gasteiger partial charge is 0.141 e. The van der Waals surface area contributed by atoms with E-state index in [1.807, 2.05) is 6.92 Å². The van der Waals surface area contributed by atoms with Crippen molar-refractivity contribution in [1.29, 1.82) is 0 Å². The van der Waals surface area contributed by atoms with Crippen LogP contribution in [-0.2, 0) is 4.79 Å². The van der Waals surface area contributed by atoms with Gasteiger partial charge in [-0.25, -0.2) is 0 Å². The topological polar surface area (TPSA) is 37.3 Å². The summed E-state index contributed by atoms with van der Waals surface area (Å²) in [5.41, 5.74) is -1.44. The second-order valence-corrected chi connectivity index (χ2v) is 5.58. The number of rotatable bonds is 1. The zero-order chi connectivity index (χ0) is 11.5. The summed E-state index contributed by atoms with van der Waals surface area (Å²) in [6, 6.07) is 0. The first kappa shape index (κ1) is 12.7. The lowest BCUT2D eigenvalue weighted by Gasteiger charge is -2.39. The number of ketones is 1. The molecule has 0 heterocycles. The molecule has 15 heavy (non-hydrogen) atoms. The highest BCUT2D eigenvalue weighted by Crippen LogP contribution is 2.39. The van der Waals surface area contributed by atoms with Crippen molar-refractivity contribution in [3.63, 3.8) is 0 Å². The Morgan fingerprint density at radius 3 is 2.27 bits per heavy atom. The van der Waals surface area contributed by atoms with Gasteiger partial charge < -0.3 is 5.11 Å². The van der Waals surface area contributed by atoms with E-state index in [9.17, 15) is 9.90 Å². The summed E-state index contributed by atoms with van der Waals surface area (Å²) in [7, 11) is 0. The molecule has 0 amide bonds. The summed E-state index contributed by atoms with van der Waals surface area (Å²) < 4.78 is 0. The molecule has 1 aliphatic rings. The molecule has 0 aromatic carbocycles. The molecule has 0 aliphatic heterocycles. The fourth-order valence-electron chi connectivity index (χ4n) is 2.36. The third-order valence-corrected chi connectivity index (χ3v) is 4.05. The van der Waals surface area contributed by atoms with Gasteiger partial charge in [0.15, 0.2) is 0 Å². The molecule has 2 heteroatoms. The van der Waals surface area contributed by atoms with Crippen LogP contribution in [0.2, 0.25) is 0 Å². The Labute approximate surface area is 93.1 Å².